The Labute approximate surface area is 115 Å². The van der Waals surface area contributed by atoms with Crippen LogP contribution < -0.4 is 5.32 Å². The molecule has 19 heavy (non-hydrogen) atoms. The fourth-order valence-corrected chi connectivity index (χ4v) is 1.78. The first kappa shape index (κ1) is 16.1. The summed E-state index contributed by atoms with van der Waals surface area (Å²) in [4.78, 5) is 0. The van der Waals surface area contributed by atoms with E-state index in [0.717, 1.165) is 18.4 Å². The highest BCUT2D eigenvalue weighted by molar-refractivity contribution is 5.13. The molecule has 0 aliphatic rings. The summed E-state index contributed by atoms with van der Waals surface area (Å²) in [6.07, 6.45) is 1.20. The Morgan fingerprint density at radius 3 is 2.68 bits per heavy atom. The molecule has 4 nitrogen and oxygen atoms in total. The molecule has 0 saturated carbocycles. The van der Waals surface area contributed by atoms with Crippen LogP contribution in [0.3, 0.4) is 0 Å². The second kappa shape index (κ2) is 9.92. The minimum Gasteiger partial charge on any atom is -0.396 e. The van der Waals surface area contributed by atoms with Gasteiger partial charge in [-0.05, 0) is 25.3 Å². The Bertz CT molecular complexity index is 318. The quantitative estimate of drug-likeness (QED) is 0.598. The van der Waals surface area contributed by atoms with Crippen molar-refractivity contribution < 1.29 is 14.9 Å². The number of aliphatic hydroxyl groups excluding tert-OH is 2. The lowest BCUT2D eigenvalue weighted by Crippen LogP contribution is -2.36. The van der Waals surface area contributed by atoms with Crippen LogP contribution in [0.2, 0.25) is 0 Å². The van der Waals surface area contributed by atoms with E-state index in [2.05, 4.69) is 5.32 Å². The van der Waals surface area contributed by atoms with E-state index in [1.165, 1.54) is 0 Å². The second-order valence-electron chi connectivity index (χ2n) is 4.83. The molecule has 0 aliphatic carbocycles. The van der Waals surface area contributed by atoms with Crippen molar-refractivity contribution in [3.8, 4) is 0 Å². The lowest BCUT2D eigenvalue weighted by atomic mass is 10.2. The molecule has 1 aromatic carbocycles. The van der Waals surface area contributed by atoms with Crippen LogP contribution in [-0.4, -0.2) is 42.1 Å². The Hall–Kier alpha value is -0.940. The van der Waals surface area contributed by atoms with Crippen LogP contribution in [0.5, 0.6) is 0 Å². The van der Waals surface area contributed by atoms with E-state index < -0.39 is 6.10 Å². The molecule has 2 unspecified atom stereocenters. The van der Waals surface area contributed by atoms with Crippen LogP contribution in [0, 0.1) is 0 Å². The van der Waals surface area contributed by atoms with Gasteiger partial charge in [0.2, 0.25) is 0 Å². The summed E-state index contributed by atoms with van der Waals surface area (Å²) < 4.78 is 5.46. The molecule has 0 aliphatic heterocycles. The average Bonchev–Trinajstić information content (AvgIpc) is 2.44. The number of hydrogen-bond donors (Lipinski definition) is 3. The summed E-state index contributed by atoms with van der Waals surface area (Å²) in [5.74, 6) is 0. The fourth-order valence-electron chi connectivity index (χ4n) is 1.78. The van der Waals surface area contributed by atoms with E-state index in [9.17, 15) is 5.11 Å². The fraction of sp³-hybridized carbons (Fsp3) is 0.600. The molecule has 3 N–H and O–H groups in total. The average molecular weight is 267 g/mol. The predicted octanol–water partition coefficient (Wildman–Crippen LogP) is 1.31. The molecule has 0 spiro atoms. The zero-order valence-electron chi connectivity index (χ0n) is 11.6. The van der Waals surface area contributed by atoms with Gasteiger partial charge in [0, 0.05) is 19.2 Å². The van der Waals surface area contributed by atoms with Gasteiger partial charge in [0.1, 0.15) is 0 Å². The highest BCUT2D eigenvalue weighted by Gasteiger charge is 2.07. The van der Waals surface area contributed by atoms with Gasteiger partial charge in [-0.15, -0.1) is 0 Å². The van der Waals surface area contributed by atoms with Gasteiger partial charge in [-0.25, -0.2) is 0 Å². The third kappa shape index (κ3) is 7.95. The van der Waals surface area contributed by atoms with Crippen molar-refractivity contribution in [2.75, 3.05) is 19.8 Å². The van der Waals surface area contributed by atoms with E-state index in [-0.39, 0.29) is 6.61 Å². The van der Waals surface area contributed by atoms with E-state index in [1.54, 1.807) is 0 Å². The maximum atomic E-state index is 9.76. The molecular formula is C15H25NO3. The van der Waals surface area contributed by atoms with E-state index in [4.69, 9.17) is 9.84 Å². The van der Waals surface area contributed by atoms with E-state index in [0.29, 0.717) is 25.8 Å². The van der Waals surface area contributed by atoms with Gasteiger partial charge >= 0.3 is 0 Å². The molecular weight excluding hydrogens is 242 g/mol. The summed E-state index contributed by atoms with van der Waals surface area (Å²) in [5, 5.41) is 21.7. The molecule has 0 fully saturated rings. The first-order valence-corrected chi connectivity index (χ1v) is 6.86. The number of hydrogen-bond acceptors (Lipinski definition) is 4. The lowest BCUT2D eigenvalue weighted by Gasteiger charge is -2.17. The third-order valence-electron chi connectivity index (χ3n) is 2.92. The zero-order valence-corrected chi connectivity index (χ0v) is 11.6. The number of rotatable bonds is 10. The molecule has 0 bridgehead atoms. The predicted molar refractivity (Wildman–Crippen MR) is 75.9 cm³/mol. The first-order chi connectivity index (χ1) is 9.22. The third-order valence-corrected chi connectivity index (χ3v) is 2.92. The van der Waals surface area contributed by atoms with Crippen molar-refractivity contribution >= 4 is 0 Å². The van der Waals surface area contributed by atoms with Crippen LogP contribution in [0.4, 0.5) is 0 Å². The Kier molecular flexibility index (Phi) is 8.41. The molecule has 0 heterocycles. The standard InChI is InChI=1S/C15H25NO3/c1-13(6-5-9-17)16-10-15(18)12-19-11-14-7-3-2-4-8-14/h2-4,7-8,13,15-18H,5-6,9-12H2,1H3. The Morgan fingerprint density at radius 2 is 2.00 bits per heavy atom. The van der Waals surface area contributed by atoms with Crippen molar-refractivity contribution in [1.82, 2.24) is 5.32 Å². The minimum absolute atomic E-state index is 0.217. The van der Waals surface area contributed by atoms with Crippen molar-refractivity contribution in [2.24, 2.45) is 0 Å². The SMILES string of the molecule is CC(CCCO)NCC(O)COCc1ccccc1. The van der Waals surface area contributed by atoms with E-state index in [1.807, 2.05) is 37.3 Å². The molecule has 108 valence electrons. The Morgan fingerprint density at radius 1 is 1.26 bits per heavy atom. The molecule has 4 heteroatoms. The maximum absolute atomic E-state index is 9.76. The van der Waals surface area contributed by atoms with Crippen LogP contribution >= 0.6 is 0 Å². The summed E-state index contributed by atoms with van der Waals surface area (Å²) in [6.45, 7) is 3.63. The van der Waals surface area contributed by atoms with Crippen LogP contribution in [0.1, 0.15) is 25.3 Å². The van der Waals surface area contributed by atoms with Crippen LogP contribution in [0.25, 0.3) is 0 Å². The molecule has 0 saturated heterocycles. The van der Waals surface area contributed by atoms with Crippen molar-refractivity contribution in [3.05, 3.63) is 35.9 Å². The number of ether oxygens (including phenoxy) is 1. The largest absolute Gasteiger partial charge is 0.396 e. The van der Waals surface area contributed by atoms with Gasteiger partial charge in [0.05, 0.1) is 19.3 Å². The highest BCUT2D eigenvalue weighted by atomic mass is 16.5. The summed E-state index contributed by atoms with van der Waals surface area (Å²) in [7, 11) is 0. The zero-order chi connectivity index (χ0) is 13.9. The van der Waals surface area contributed by atoms with Gasteiger partial charge in [-0.3, -0.25) is 0 Å². The van der Waals surface area contributed by atoms with Crippen molar-refractivity contribution in [1.29, 1.82) is 0 Å². The van der Waals surface area contributed by atoms with Gasteiger partial charge in [-0.2, -0.15) is 0 Å². The summed E-state index contributed by atoms with van der Waals surface area (Å²) in [6, 6.07) is 10.2. The normalized spacial score (nSPS) is 14.3. The van der Waals surface area contributed by atoms with Crippen LogP contribution in [-0.2, 0) is 11.3 Å². The van der Waals surface area contributed by atoms with E-state index >= 15 is 0 Å². The smallest absolute Gasteiger partial charge is 0.0897 e. The van der Waals surface area contributed by atoms with Crippen molar-refractivity contribution in [3.63, 3.8) is 0 Å². The molecule has 0 radical (unpaired) electrons. The van der Waals surface area contributed by atoms with Crippen molar-refractivity contribution in [2.45, 2.75) is 38.5 Å². The maximum Gasteiger partial charge on any atom is 0.0897 e. The number of aliphatic hydroxyl groups is 2. The van der Waals surface area contributed by atoms with Gasteiger partial charge in [0.15, 0.2) is 0 Å². The number of benzene rings is 1. The molecule has 2 atom stereocenters. The Balaban J connectivity index is 2.06. The lowest BCUT2D eigenvalue weighted by molar-refractivity contribution is 0.0276. The topological polar surface area (TPSA) is 61.7 Å². The summed E-state index contributed by atoms with van der Waals surface area (Å²) >= 11 is 0. The summed E-state index contributed by atoms with van der Waals surface area (Å²) in [5.41, 5.74) is 1.11. The van der Waals surface area contributed by atoms with Crippen LogP contribution in [0.15, 0.2) is 30.3 Å². The molecule has 0 amide bonds. The van der Waals surface area contributed by atoms with Gasteiger partial charge in [0.25, 0.3) is 0 Å². The highest BCUT2D eigenvalue weighted by Crippen LogP contribution is 2.01. The van der Waals surface area contributed by atoms with Gasteiger partial charge in [-0.1, -0.05) is 30.3 Å². The first-order valence-electron chi connectivity index (χ1n) is 6.86. The molecule has 1 aromatic rings. The molecule has 1 rings (SSSR count). The molecule has 0 aromatic heterocycles. The monoisotopic (exact) mass is 267 g/mol. The van der Waals surface area contributed by atoms with Gasteiger partial charge < -0.3 is 20.3 Å². The number of nitrogens with one attached hydrogen (secondary N) is 1. The minimum atomic E-state index is -0.500. The second-order valence-corrected chi connectivity index (χ2v) is 4.83.